The number of nitro groups is 1. The van der Waals surface area contributed by atoms with E-state index < -0.39 is 14.9 Å². The predicted octanol–water partition coefficient (Wildman–Crippen LogP) is -0.722. The van der Waals surface area contributed by atoms with Gasteiger partial charge in [0.05, 0.1) is 36.0 Å². The van der Waals surface area contributed by atoms with E-state index in [9.17, 15) is 18.5 Å². The first-order valence-corrected chi connectivity index (χ1v) is 11.6. The summed E-state index contributed by atoms with van der Waals surface area (Å²) in [5.41, 5.74) is 2.16. The van der Waals surface area contributed by atoms with Crippen LogP contribution in [-0.2, 0) is 10.0 Å². The van der Waals surface area contributed by atoms with E-state index in [0.717, 1.165) is 6.07 Å². The summed E-state index contributed by atoms with van der Waals surface area (Å²) in [4.78, 5) is 11.7. The van der Waals surface area contributed by atoms with Crippen LogP contribution in [-0.4, -0.2) is 43.8 Å². The predicted molar refractivity (Wildman–Crippen MR) is 117 cm³/mol. The number of hydrogen-bond donors (Lipinski definition) is 1. The zero-order valence-electron chi connectivity index (χ0n) is 17.3. The zero-order chi connectivity index (χ0) is 21.8. The van der Waals surface area contributed by atoms with Gasteiger partial charge >= 0.3 is 0 Å². The zero-order valence-corrected chi connectivity index (χ0v) is 18.9. The van der Waals surface area contributed by atoms with Crippen molar-refractivity contribution in [3.05, 3.63) is 106 Å². The number of nitro benzene ring substituents is 1. The number of benzene rings is 3. The Kier molecular flexibility index (Phi) is 7.63. The van der Waals surface area contributed by atoms with Gasteiger partial charge in [0.2, 0.25) is 10.0 Å². The molecule has 1 heterocycles. The Labute approximate surface area is 193 Å². The molecule has 32 heavy (non-hydrogen) atoms. The number of piperazine rings is 1. The van der Waals surface area contributed by atoms with Crippen molar-refractivity contribution in [2.45, 2.75) is 10.9 Å². The van der Waals surface area contributed by atoms with Gasteiger partial charge in [-0.05, 0) is 6.07 Å². The van der Waals surface area contributed by atoms with Crippen molar-refractivity contribution in [1.82, 2.24) is 4.31 Å². The van der Waals surface area contributed by atoms with Gasteiger partial charge in [-0.25, -0.2) is 8.42 Å². The summed E-state index contributed by atoms with van der Waals surface area (Å²) in [6.07, 6.45) is 0. The smallest absolute Gasteiger partial charge is 0.270 e. The van der Waals surface area contributed by atoms with Gasteiger partial charge in [-0.3, -0.25) is 10.1 Å². The second kappa shape index (κ2) is 10.2. The minimum Gasteiger partial charge on any atom is -1.00 e. The van der Waals surface area contributed by atoms with Crippen LogP contribution in [0.5, 0.6) is 0 Å². The maximum Gasteiger partial charge on any atom is 0.270 e. The molecule has 0 unspecified atom stereocenters. The SMILES string of the molecule is O=[N+]([O-])c1cccc(S(=O)(=O)N2CC[NH+](C(c3ccccc3)c3ccccc3)CC2)c1.[Cl-]. The first-order chi connectivity index (χ1) is 15.0. The molecule has 3 aromatic carbocycles. The molecule has 7 nitrogen and oxygen atoms in total. The fraction of sp³-hybridized carbons (Fsp3) is 0.217. The van der Waals surface area contributed by atoms with E-state index in [4.69, 9.17) is 0 Å². The maximum absolute atomic E-state index is 13.1. The minimum atomic E-state index is -3.78. The third-order valence-corrected chi connectivity index (χ3v) is 7.60. The Balaban J connectivity index is 0.00000289. The van der Waals surface area contributed by atoms with Crippen LogP contribution in [0.2, 0.25) is 0 Å². The molecule has 1 aliphatic rings. The number of non-ortho nitro benzene ring substituents is 1. The average molecular weight is 474 g/mol. The summed E-state index contributed by atoms with van der Waals surface area (Å²) in [7, 11) is -3.78. The van der Waals surface area contributed by atoms with Gasteiger partial charge in [0, 0.05) is 23.3 Å². The molecule has 9 heteroatoms. The third-order valence-electron chi connectivity index (χ3n) is 5.70. The molecule has 0 spiro atoms. The number of nitrogens with zero attached hydrogens (tertiary/aromatic N) is 2. The lowest BCUT2D eigenvalue weighted by atomic mass is 9.96. The van der Waals surface area contributed by atoms with E-state index in [-0.39, 0.29) is 29.0 Å². The third kappa shape index (κ3) is 4.99. The number of quaternary nitrogens is 1. The molecular weight excluding hydrogens is 450 g/mol. The molecule has 1 saturated heterocycles. The summed E-state index contributed by atoms with van der Waals surface area (Å²) in [6.45, 7) is 2.00. The number of rotatable bonds is 6. The highest BCUT2D eigenvalue weighted by atomic mass is 35.5. The standard InChI is InChI=1S/C23H23N3O4S.ClH/c27-26(28)21-12-7-13-22(18-21)31(29,30)25-16-14-24(15-17-25)23(19-8-3-1-4-9-19)20-10-5-2-6-11-20;/h1-13,18,23H,14-17H2;1H. The molecule has 0 bridgehead atoms. The van der Waals surface area contributed by atoms with E-state index >= 15 is 0 Å². The van der Waals surface area contributed by atoms with Crippen LogP contribution in [0.1, 0.15) is 17.2 Å². The van der Waals surface area contributed by atoms with Gasteiger partial charge in [-0.15, -0.1) is 0 Å². The van der Waals surface area contributed by atoms with Gasteiger partial charge < -0.3 is 17.3 Å². The molecule has 1 fully saturated rings. The van der Waals surface area contributed by atoms with Crippen LogP contribution in [0, 0.1) is 10.1 Å². The molecule has 0 radical (unpaired) electrons. The Bertz CT molecular complexity index is 1110. The normalized spacial score (nSPS) is 15.3. The molecule has 168 valence electrons. The van der Waals surface area contributed by atoms with Crippen LogP contribution in [0.4, 0.5) is 5.69 Å². The summed E-state index contributed by atoms with van der Waals surface area (Å²) in [6, 6.07) is 25.9. The fourth-order valence-electron chi connectivity index (χ4n) is 4.16. The Morgan fingerprint density at radius 2 is 1.38 bits per heavy atom. The van der Waals surface area contributed by atoms with E-state index in [1.165, 1.54) is 38.5 Å². The topological polar surface area (TPSA) is 85.0 Å². The molecule has 1 N–H and O–H groups in total. The van der Waals surface area contributed by atoms with E-state index in [2.05, 4.69) is 24.3 Å². The second-order valence-corrected chi connectivity index (χ2v) is 9.51. The molecular formula is C23H24ClN3O4S. The van der Waals surface area contributed by atoms with Gasteiger partial charge in [0.15, 0.2) is 0 Å². The number of hydrogen-bond acceptors (Lipinski definition) is 4. The lowest BCUT2D eigenvalue weighted by Gasteiger charge is -2.36. The van der Waals surface area contributed by atoms with Gasteiger partial charge in [0.1, 0.15) is 6.04 Å². The highest BCUT2D eigenvalue weighted by molar-refractivity contribution is 7.89. The van der Waals surface area contributed by atoms with Crippen LogP contribution < -0.4 is 17.3 Å². The minimum absolute atomic E-state index is 0. The first-order valence-electron chi connectivity index (χ1n) is 10.2. The van der Waals surface area contributed by atoms with Gasteiger partial charge in [0.25, 0.3) is 5.69 Å². The highest BCUT2D eigenvalue weighted by Gasteiger charge is 2.35. The molecule has 3 aromatic rings. The van der Waals surface area contributed by atoms with Crippen molar-refractivity contribution < 1.29 is 30.6 Å². The van der Waals surface area contributed by atoms with Crippen molar-refractivity contribution in [2.75, 3.05) is 26.2 Å². The summed E-state index contributed by atoms with van der Waals surface area (Å²) in [5.74, 6) is 0. The Morgan fingerprint density at radius 1 is 0.844 bits per heavy atom. The van der Waals surface area contributed by atoms with Crippen molar-refractivity contribution >= 4 is 15.7 Å². The Hall–Kier alpha value is -2.78. The van der Waals surface area contributed by atoms with E-state index in [0.29, 0.717) is 26.2 Å². The van der Waals surface area contributed by atoms with E-state index in [1.54, 1.807) is 0 Å². The quantitative estimate of drug-likeness (QED) is 0.378. The summed E-state index contributed by atoms with van der Waals surface area (Å²) < 4.78 is 27.6. The highest BCUT2D eigenvalue weighted by Crippen LogP contribution is 2.22. The largest absolute Gasteiger partial charge is 1.00 e. The van der Waals surface area contributed by atoms with Crippen molar-refractivity contribution in [3.8, 4) is 0 Å². The Morgan fingerprint density at radius 3 is 1.88 bits per heavy atom. The average Bonchev–Trinajstić information content (AvgIpc) is 2.81. The molecule has 0 aromatic heterocycles. The summed E-state index contributed by atoms with van der Waals surface area (Å²) in [5, 5.41) is 11.0. The second-order valence-electron chi connectivity index (χ2n) is 7.57. The molecule has 0 aliphatic carbocycles. The maximum atomic E-state index is 13.1. The molecule has 4 rings (SSSR count). The monoisotopic (exact) mass is 473 g/mol. The van der Waals surface area contributed by atoms with Crippen molar-refractivity contribution in [1.29, 1.82) is 0 Å². The number of nitrogens with one attached hydrogen (secondary N) is 1. The molecule has 0 saturated carbocycles. The van der Waals surface area contributed by atoms with Crippen LogP contribution in [0.3, 0.4) is 0 Å². The molecule has 0 amide bonds. The van der Waals surface area contributed by atoms with Crippen LogP contribution >= 0.6 is 0 Å². The molecule has 0 atom stereocenters. The first kappa shape index (κ1) is 23.9. The van der Waals surface area contributed by atoms with Crippen molar-refractivity contribution in [2.24, 2.45) is 0 Å². The van der Waals surface area contributed by atoms with Crippen molar-refractivity contribution in [3.63, 3.8) is 0 Å². The van der Waals surface area contributed by atoms with Crippen LogP contribution in [0.15, 0.2) is 89.8 Å². The number of halogens is 1. The van der Waals surface area contributed by atoms with E-state index in [1.807, 2.05) is 36.4 Å². The lowest BCUT2D eigenvalue weighted by Crippen LogP contribution is -3.15. The fourth-order valence-corrected chi connectivity index (χ4v) is 5.65. The lowest BCUT2D eigenvalue weighted by molar-refractivity contribution is -0.929. The van der Waals surface area contributed by atoms with Gasteiger partial charge in [-0.1, -0.05) is 66.7 Å². The molecule has 1 aliphatic heterocycles. The summed E-state index contributed by atoms with van der Waals surface area (Å²) >= 11 is 0. The van der Waals surface area contributed by atoms with Crippen LogP contribution in [0.25, 0.3) is 0 Å². The van der Waals surface area contributed by atoms with Gasteiger partial charge in [-0.2, -0.15) is 4.31 Å². The number of sulfonamides is 1.